The second-order valence-electron chi connectivity index (χ2n) is 5.10. The smallest absolute Gasteiger partial charge is 0.255 e. The first-order valence-corrected chi connectivity index (χ1v) is 7.10. The molecule has 2 aromatic carbocycles. The number of amides is 1. The maximum atomic E-state index is 12.2. The van der Waals surface area contributed by atoms with E-state index < -0.39 is 0 Å². The second kappa shape index (κ2) is 6.16. The molecule has 5 heteroatoms. The van der Waals surface area contributed by atoms with Gasteiger partial charge < -0.3 is 5.32 Å². The van der Waals surface area contributed by atoms with Crippen molar-refractivity contribution in [3.8, 4) is 11.8 Å². The van der Waals surface area contributed by atoms with Gasteiger partial charge in [0.05, 0.1) is 23.0 Å². The standard InChI is InChI=1S/C18H14N4O/c1-13-9-10-22(21-13)17-7-5-16(6-8-17)20-18(23)15-4-2-3-14(11-15)12-19/h2-11H,1H3,(H,20,23). The van der Waals surface area contributed by atoms with Gasteiger partial charge in [0.25, 0.3) is 5.91 Å². The number of hydrogen-bond acceptors (Lipinski definition) is 3. The number of carbonyl (C=O) groups is 1. The lowest BCUT2D eigenvalue weighted by atomic mass is 10.1. The van der Waals surface area contributed by atoms with E-state index in [1.54, 1.807) is 28.9 Å². The number of rotatable bonds is 3. The molecule has 1 amide bonds. The molecule has 0 bridgehead atoms. The molecule has 0 aliphatic heterocycles. The zero-order chi connectivity index (χ0) is 16.2. The molecular weight excluding hydrogens is 288 g/mol. The Hall–Kier alpha value is -3.39. The van der Waals surface area contributed by atoms with Crippen LogP contribution in [-0.2, 0) is 0 Å². The summed E-state index contributed by atoms with van der Waals surface area (Å²) in [6.07, 6.45) is 1.89. The van der Waals surface area contributed by atoms with Crippen LogP contribution < -0.4 is 5.32 Å². The van der Waals surface area contributed by atoms with E-state index in [4.69, 9.17) is 5.26 Å². The molecule has 0 aliphatic carbocycles. The Kier molecular flexibility index (Phi) is 3.89. The predicted molar refractivity (Wildman–Crippen MR) is 87.4 cm³/mol. The van der Waals surface area contributed by atoms with Crippen LogP contribution in [0.1, 0.15) is 21.6 Å². The average molecular weight is 302 g/mol. The lowest BCUT2D eigenvalue weighted by Gasteiger charge is -2.07. The molecule has 1 aromatic heterocycles. The Bertz CT molecular complexity index is 888. The highest BCUT2D eigenvalue weighted by Crippen LogP contribution is 2.14. The van der Waals surface area contributed by atoms with Crippen molar-refractivity contribution in [3.63, 3.8) is 0 Å². The molecule has 112 valence electrons. The fraction of sp³-hybridized carbons (Fsp3) is 0.0556. The van der Waals surface area contributed by atoms with Crippen molar-refractivity contribution < 1.29 is 4.79 Å². The van der Waals surface area contributed by atoms with E-state index >= 15 is 0 Å². The average Bonchev–Trinajstić information content (AvgIpc) is 3.02. The third-order valence-electron chi connectivity index (χ3n) is 3.37. The van der Waals surface area contributed by atoms with E-state index in [0.29, 0.717) is 16.8 Å². The monoisotopic (exact) mass is 302 g/mol. The molecule has 0 saturated heterocycles. The third kappa shape index (κ3) is 3.27. The van der Waals surface area contributed by atoms with Gasteiger partial charge in [-0.1, -0.05) is 6.07 Å². The highest BCUT2D eigenvalue weighted by Gasteiger charge is 2.07. The van der Waals surface area contributed by atoms with Crippen molar-refractivity contribution in [2.75, 3.05) is 5.32 Å². The summed E-state index contributed by atoms with van der Waals surface area (Å²) in [6, 6.07) is 18.0. The molecule has 3 aromatic rings. The molecule has 5 nitrogen and oxygen atoms in total. The van der Waals surface area contributed by atoms with Crippen LogP contribution in [0.15, 0.2) is 60.8 Å². The SMILES string of the molecule is Cc1ccn(-c2ccc(NC(=O)c3cccc(C#N)c3)cc2)n1. The lowest BCUT2D eigenvalue weighted by molar-refractivity contribution is 0.102. The number of nitriles is 1. The van der Waals surface area contributed by atoms with E-state index in [-0.39, 0.29) is 5.91 Å². The van der Waals surface area contributed by atoms with Gasteiger partial charge >= 0.3 is 0 Å². The van der Waals surface area contributed by atoms with Gasteiger partial charge in [-0.3, -0.25) is 4.79 Å². The Morgan fingerprint density at radius 2 is 1.96 bits per heavy atom. The topological polar surface area (TPSA) is 70.7 Å². The van der Waals surface area contributed by atoms with Crippen LogP contribution in [0.2, 0.25) is 0 Å². The molecule has 1 heterocycles. The van der Waals surface area contributed by atoms with E-state index in [2.05, 4.69) is 10.4 Å². The minimum Gasteiger partial charge on any atom is -0.322 e. The van der Waals surface area contributed by atoms with Gasteiger partial charge in [-0.15, -0.1) is 0 Å². The van der Waals surface area contributed by atoms with Crippen LogP contribution in [0.5, 0.6) is 0 Å². The van der Waals surface area contributed by atoms with Crippen LogP contribution in [-0.4, -0.2) is 15.7 Å². The van der Waals surface area contributed by atoms with Crippen molar-refractivity contribution in [1.82, 2.24) is 9.78 Å². The molecule has 0 fully saturated rings. The van der Waals surface area contributed by atoms with Gasteiger partial charge in [0.1, 0.15) is 0 Å². The van der Waals surface area contributed by atoms with Gasteiger partial charge in [0, 0.05) is 17.4 Å². The first-order chi connectivity index (χ1) is 11.2. The highest BCUT2D eigenvalue weighted by molar-refractivity contribution is 6.04. The van der Waals surface area contributed by atoms with E-state index in [9.17, 15) is 4.79 Å². The van der Waals surface area contributed by atoms with Gasteiger partial charge in [0.15, 0.2) is 0 Å². The summed E-state index contributed by atoms with van der Waals surface area (Å²) in [6.45, 7) is 1.93. The minimum absolute atomic E-state index is 0.246. The number of aryl methyl sites for hydroxylation is 1. The van der Waals surface area contributed by atoms with Crippen LogP contribution in [0.25, 0.3) is 5.69 Å². The number of carbonyl (C=O) groups excluding carboxylic acids is 1. The molecule has 23 heavy (non-hydrogen) atoms. The number of nitrogens with one attached hydrogen (secondary N) is 1. The Morgan fingerprint density at radius 1 is 1.17 bits per heavy atom. The molecule has 0 unspecified atom stereocenters. The van der Waals surface area contributed by atoms with Crippen LogP contribution in [0, 0.1) is 18.3 Å². The fourth-order valence-electron chi connectivity index (χ4n) is 2.19. The summed E-state index contributed by atoms with van der Waals surface area (Å²) in [5, 5.41) is 16.0. The van der Waals surface area contributed by atoms with Crippen molar-refractivity contribution in [3.05, 3.63) is 77.6 Å². The minimum atomic E-state index is -0.246. The third-order valence-corrected chi connectivity index (χ3v) is 3.37. The number of hydrogen-bond donors (Lipinski definition) is 1. The number of benzene rings is 2. The molecule has 0 spiro atoms. The van der Waals surface area contributed by atoms with Crippen molar-refractivity contribution >= 4 is 11.6 Å². The Morgan fingerprint density at radius 3 is 2.61 bits per heavy atom. The van der Waals surface area contributed by atoms with Crippen LogP contribution in [0.4, 0.5) is 5.69 Å². The molecule has 1 N–H and O–H groups in total. The van der Waals surface area contributed by atoms with E-state index in [0.717, 1.165) is 11.4 Å². The van der Waals surface area contributed by atoms with Crippen LogP contribution >= 0.6 is 0 Å². The normalized spacial score (nSPS) is 10.1. The first-order valence-electron chi connectivity index (χ1n) is 7.10. The number of nitrogens with zero attached hydrogens (tertiary/aromatic N) is 3. The zero-order valence-corrected chi connectivity index (χ0v) is 12.5. The molecular formula is C18H14N4O. The van der Waals surface area contributed by atoms with E-state index in [1.807, 2.05) is 49.5 Å². The molecule has 0 atom stereocenters. The molecule has 3 rings (SSSR count). The van der Waals surface area contributed by atoms with Gasteiger partial charge in [-0.05, 0) is 55.5 Å². The van der Waals surface area contributed by atoms with E-state index in [1.165, 1.54) is 0 Å². The van der Waals surface area contributed by atoms with Crippen molar-refractivity contribution in [1.29, 1.82) is 5.26 Å². The molecule has 0 aliphatic rings. The predicted octanol–water partition coefficient (Wildman–Crippen LogP) is 3.30. The lowest BCUT2D eigenvalue weighted by Crippen LogP contribution is -2.12. The fourth-order valence-corrected chi connectivity index (χ4v) is 2.19. The molecule has 0 saturated carbocycles. The quantitative estimate of drug-likeness (QED) is 0.807. The molecule has 0 radical (unpaired) electrons. The number of anilines is 1. The van der Waals surface area contributed by atoms with Crippen molar-refractivity contribution in [2.24, 2.45) is 0 Å². The summed E-state index contributed by atoms with van der Waals surface area (Å²) < 4.78 is 1.78. The highest BCUT2D eigenvalue weighted by atomic mass is 16.1. The number of aromatic nitrogens is 2. The maximum absolute atomic E-state index is 12.2. The Balaban J connectivity index is 1.75. The van der Waals surface area contributed by atoms with Gasteiger partial charge in [-0.2, -0.15) is 10.4 Å². The maximum Gasteiger partial charge on any atom is 0.255 e. The van der Waals surface area contributed by atoms with Gasteiger partial charge in [0.2, 0.25) is 0 Å². The largest absolute Gasteiger partial charge is 0.322 e. The summed E-state index contributed by atoms with van der Waals surface area (Å²) in [4.78, 5) is 12.2. The van der Waals surface area contributed by atoms with Crippen molar-refractivity contribution in [2.45, 2.75) is 6.92 Å². The first kappa shape index (κ1) is 14.5. The summed E-state index contributed by atoms with van der Waals surface area (Å²) >= 11 is 0. The summed E-state index contributed by atoms with van der Waals surface area (Å²) in [5.74, 6) is -0.246. The van der Waals surface area contributed by atoms with Gasteiger partial charge in [-0.25, -0.2) is 4.68 Å². The zero-order valence-electron chi connectivity index (χ0n) is 12.5. The van der Waals surface area contributed by atoms with Crippen LogP contribution in [0.3, 0.4) is 0 Å². The second-order valence-corrected chi connectivity index (χ2v) is 5.10. The Labute approximate surface area is 133 Å². The summed E-state index contributed by atoms with van der Waals surface area (Å²) in [5.41, 5.74) is 3.46. The summed E-state index contributed by atoms with van der Waals surface area (Å²) in [7, 11) is 0.